The van der Waals surface area contributed by atoms with Gasteiger partial charge in [0.2, 0.25) is 5.91 Å². The lowest BCUT2D eigenvalue weighted by Crippen LogP contribution is -2.30. The molecule has 0 radical (unpaired) electrons. The number of carbonyl (C=O) groups is 1. The molecule has 1 aliphatic rings. The monoisotopic (exact) mass is 311 g/mol. The zero-order valence-electron chi connectivity index (χ0n) is 12.0. The quantitative estimate of drug-likeness (QED) is 0.642. The van der Waals surface area contributed by atoms with E-state index in [9.17, 15) is 4.79 Å². The lowest BCUT2D eigenvalue weighted by Gasteiger charge is -2.20. The molecule has 6 heteroatoms. The topological polar surface area (TPSA) is 78.6 Å². The molecule has 1 saturated carbocycles. The molecule has 1 fully saturated rings. The van der Waals surface area contributed by atoms with Crippen molar-refractivity contribution in [1.82, 2.24) is 4.90 Å². The number of aliphatic hydroxyl groups is 1. The average molecular weight is 312 g/mol. The molecule has 1 aromatic carbocycles. The molecule has 4 N–H and O–H groups in total. The second-order valence-corrected chi connectivity index (χ2v) is 5.79. The molecule has 0 spiro atoms. The summed E-state index contributed by atoms with van der Waals surface area (Å²) in [6.45, 7) is 1.72. The van der Waals surface area contributed by atoms with Crippen molar-refractivity contribution >= 4 is 28.9 Å². The van der Waals surface area contributed by atoms with Gasteiger partial charge in [-0.05, 0) is 44.0 Å². The summed E-state index contributed by atoms with van der Waals surface area (Å²) in [7, 11) is 0. The molecule has 2 rings (SSSR count). The Morgan fingerprint density at radius 3 is 2.81 bits per heavy atom. The lowest BCUT2D eigenvalue weighted by atomic mass is 10.2. The van der Waals surface area contributed by atoms with Gasteiger partial charge in [-0.25, -0.2) is 0 Å². The lowest BCUT2D eigenvalue weighted by molar-refractivity contribution is -0.116. The fourth-order valence-corrected chi connectivity index (χ4v) is 2.45. The van der Waals surface area contributed by atoms with Gasteiger partial charge >= 0.3 is 0 Å². The summed E-state index contributed by atoms with van der Waals surface area (Å²) >= 11 is 5.84. The maximum Gasteiger partial charge on any atom is 0.224 e. The van der Waals surface area contributed by atoms with E-state index in [0.29, 0.717) is 35.4 Å². The van der Waals surface area contributed by atoms with Crippen LogP contribution < -0.4 is 11.1 Å². The van der Waals surface area contributed by atoms with Crippen molar-refractivity contribution in [3.05, 3.63) is 23.2 Å². The fourth-order valence-electron chi connectivity index (χ4n) is 2.33. The number of amides is 1. The zero-order valence-corrected chi connectivity index (χ0v) is 12.8. The number of hydrogen-bond donors (Lipinski definition) is 3. The Hall–Kier alpha value is -1.30. The number of hydrogen-bond acceptors (Lipinski definition) is 4. The minimum Gasteiger partial charge on any atom is -0.397 e. The number of rotatable bonds is 8. The van der Waals surface area contributed by atoms with Gasteiger partial charge in [-0.2, -0.15) is 0 Å². The maximum absolute atomic E-state index is 11.9. The Morgan fingerprint density at radius 1 is 1.43 bits per heavy atom. The summed E-state index contributed by atoms with van der Waals surface area (Å²) in [5, 5.41) is 12.3. The Bertz CT molecular complexity index is 492. The van der Waals surface area contributed by atoms with Crippen molar-refractivity contribution in [3.8, 4) is 0 Å². The number of nitrogens with zero attached hydrogens (tertiary/aromatic N) is 1. The summed E-state index contributed by atoms with van der Waals surface area (Å²) in [6, 6.07) is 5.67. The number of aliphatic hydroxyl groups excluding tert-OH is 1. The van der Waals surface area contributed by atoms with E-state index >= 15 is 0 Å². The average Bonchev–Trinajstić information content (AvgIpc) is 3.26. The van der Waals surface area contributed by atoms with Gasteiger partial charge in [-0.1, -0.05) is 11.6 Å². The zero-order chi connectivity index (χ0) is 15.2. The van der Waals surface area contributed by atoms with E-state index in [4.69, 9.17) is 22.4 Å². The molecule has 0 saturated heterocycles. The SMILES string of the molecule is Nc1cc(NC(=O)CCCN(CCO)C2CC2)ccc1Cl. The first kappa shape index (κ1) is 16.1. The number of halogens is 1. The summed E-state index contributed by atoms with van der Waals surface area (Å²) < 4.78 is 0. The highest BCUT2D eigenvalue weighted by atomic mass is 35.5. The number of nitrogens with one attached hydrogen (secondary N) is 1. The number of nitrogen functional groups attached to an aromatic ring is 1. The predicted octanol–water partition coefficient (Wildman–Crippen LogP) is 2.10. The Morgan fingerprint density at radius 2 is 2.19 bits per heavy atom. The van der Waals surface area contributed by atoms with Gasteiger partial charge in [0, 0.05) is 24.7 Å². The molecule has 0 bridgehead atoms. The molecule has 0 aliphatic heterocycles. The first-order chi connectivity index (χ1) is 10.1. The van der Waals surface area contributed by atoms with Crippen LogP contribution in [-0.4, -0.2) is 41.7 Å². The van der Waals surface area contributed by atoms with Crippen molar-refractivity contribution in [2.24, 2.45) is 0 Å². The van der Waals surface area contributed by atoms with Gasteiger partial charge in [0.1, 0.15) is 0 Å². The van der Waals surface area contributed by atoms with Gasteiger partial charge < -0.3 is 16.2 Å². The van der Waals surface area contributed by atoms with Crippen LogP contribution in [0.15, 0.2) is 18.2 Å². The number of benzene rings is 1. The second kappa shape index (κ2) is 7.64. The van der Waals surface area contributed by atoms with Crippen LogP contribution in [0, 0.1) is 0 Å². The van der Waals surface area contributed by atoms with E-state index in [-0.39, 0.29) is 12.5 Å². The molecule has 1 aromatic rings. The van der Waals surface area contributed by atoms with Gasteiger partial charge in [-0.3, -0.25) is 9.69 Å². The van der Waals surface area contributed by atoms with Crippen LogP contribution in [0.5, 0.6) is 0 Å². The van der Waals surface area contributed by atoms with Gasteiger partial charge in [0.15, 0.2) is 0 Å². The van der Waals surface area contributed by atoms with Crippen LogP contribution in [0.3, 0.4) is 0 Å². The van der Waals surface area contributed by atoms with Crippen LogP contribution in [0.25, 0.3) is 0 Å². The van der Waals surface area contributed by atoms with Crippen LogP contribution in [-0.2, 0) is 4.79 Å². The summed E-state index contributed by atoms with van der Waals surface area (Å²) in [5.41, 5.74) is 6.82. The van der Waals surface area contributed by atoms with Crippen LogP contribution >= 0.6 is 11.6 Å². The smallest absolute Gasteiger partial charge is 0.224 e. The van der Waals surface area contributed by atoms with Gasteiger partial charge in [0.25, 0.3) is 0 Å². The largest absolute Gasteiger partial charge is 0.397 e. The molecule has 1 aliphatic carbocycles. The predicted molar refractivity (Wildman–Crippen MR) is 85.4 cm³/mol. The minimum atomic E-state index is -0.0310. The third-order valence-corrected chi connectivity index (χ3v) is 3.92. The molecule has 1 amide bonds. The van der Waals surface area contributed by atoms with Crippen LogP contribution in [0.1, 0.15) is 25.7 Å². The van der Waals surface area contributed by atoms with Crippen molar-refractivity contribution in [1.29, 1.82) is 0 Å². The van der Waals surface area contributed by atoms with E-state index in [0.717, 1.165) is 13.0 Å². The standard InChI is InChI=1S/C15H22ClN3O2/c16-13-6-3-11(10-14(13)17)18-15(21)2-1-7-19(8-9-20)12-4-5-12/h3,6,10,12,20H,1-2,4-5,7-9,17H2,(H,18,21). The Kier molecular flexibility index (Phi) is 5.85. The molecule has 116 valence electrons. The molecular formula is C15H22ClN3O2. The molecule has 0 aromatic heterocycles. The van der Waals surface area contributed by atoms with Crippen LogP contribution in [0.4, 0.5) is 11.4 Å². The highest BCUT2D eigenvalue weighted by Gasteiger charge is 2.27. The number of nitrogens with two attached hydrogens (primary N) is 1. The summed E-state index contributed by atoms with van der Waals surface area (Å²) in [4.78, 5) is 14.1. The van der Waals surface area contributed by atoms with E-state index in [2.05, 4.69) is 10.2 Å². The maximum atomic E-state index is 11.9. The number of carbonyl (C=O) groups excluding carboxylic acids is 1. The minimum absolute atomic E-state index is 0.0310. The van der Waals surface area contributed by atoms with Crippen molar-refractivity contribution in [3.63, 3.8) is 0 Å². The van der Waals surface area contributed by atoms with E-state index in [1.54, 1.807) is 18.2 Å². The van der Waals surface area contributed by atoms with Crippen molar-refractivity contribution in [2.75, 3.05) is 30.7 Å². The van der Waals surface area contributed by atoms with Crippen LogP contribution in [0.2, 0.25) is 5.02 Å². The third-order valence-electron chi connectivity index (χ3n) is 3.58. The fraction of sp³-hybridized carbons (Fsp3) is 0.533. The molecule has 0 heterocycles. The van der Waals surface area contributed by atoms with E-state index in [1.165, 1.54) is 12.8 Å². The second-order valence-electron chi connectivity index (χ2n) is 5.38. The number of anilines is 2. The highest BCUT2D eigenvalue weighted by Crippen LogP contribution is 2.26. The molecule has 21 heavy (non-hydrogen) atoms. The summed E-state index contributed by atoms with van der Waals surface area (Å²) in [6.07, 6.45) is 3.65. The van der Waals surface area contributed by atoms with Crippen molar-refractivity contribution in [2.45, 2.75) is 31.7 Å². The Balaban J connectivity index is 1.72. The molecule has 5 nitrogen and oxygen atoms in total. The first-order valence-electron chi connectivity index (χ1n) is 7.30. The van der Waals surface area contributed by atoms with Gasteiger partial charge in [-0.15, -0.1) is 0 Å². The van der Waals surface area contributed by atoms with Crippen molar-refractivity contribution < 1.29 is 9.90 Å². The molecule has 0 unspecified atom stereocenters. The van der Waals surface area contributed by atoms with E-state index in [1.807, 2.05) is 0 Å². The summed E-state index contributed by atoms with van der Waals surface area (Å²) in [5.74, 6) is -0.0310. The van der Waals surface area contributed by atoms with E-state index < -0.39 is 0 Å². The first-order valence-corrected chi connectivity index (χ1v) is 7.67. The third kappa shape index (κ3) is 5.19. The Labute approximate surface area is 130 Å². The normalized spacial score (nSPS) is 14.4. The molecular weight excluding hydrogens is 290 g/mol. The molecule has 0 atom stereocenters. The highest BCUT2D eigenvalue weighted by molar-refractivity contribution is 6.33. The van der Waals surface area contributed by atoms with Gasteiger partial charge in [0.05, 0.1) is 17.3 Å².